The van der Waals surface area contributed by atoms with E-state index in [2.05, 4.69) is 9.59 Å². The minimum atomic E-state index is -0.143. The lowest BCUT2D eigenvalue weighted by Crippen LogP contribution is -2.12. The van der Waals surface area contributed by atoms with Gasteiger partial charge in [-0.2, -0.15) is 0 Å². The Hall–Kier alpha value is -0.680. The van der Waals surface area contributed by atoms with E-state index in [0.29, 0.717) is 16.5 Å². The lowest BCUT2D eigenvalue weighted by Gasteiger charge is -2.10. The zero-order valence-corrected chi connectivity index (χ0v) is 10.6. The van der Waals surface area contributed by atoms with E-state index in [0.717, 1.165) is 10.4 Å². The molecule has 0 saturated carbocycles. The highest BCUT2D eigenvalue weighted by Crippen LogP contribution is 2.28. The molecule has 2 aromatic rings. The maximum Gasteiger partial charge on any atom is 0.0669 e. The van der Waals surface area contributed by atoms with Crippen LogP contribution in [0.3, 0.4) is 0 Å². The summed E-state index contributed by atoms with van der Waals surface area (Å²) in [7, 11) is 0. The number of nitrogens with two attached hydrogens (primary N) is 1. The average Bonchev–Trinajstić information content (AvgIpc) is 2.78. The minimum absolute atomic E-state index is 0.143. The van der Waals surface area contributed by atoms with Crippen LogP contribution in [0.1, 0.15) is 16.5 Å². The van der Waals surface area contributed by atoms with Gasteiger partial charge in [0.2, 0.25) is 0 Å². The van der Waals surface area contributed by atoms with Crippen LogP contribution in [0.15, 0.2) is 24.4 Å². The van der Waals surface area contributed by atoms with Crippen LogP contribution in [0, 0.1) is 0 Å². The molecule has 0 amide bonds. The van der Waals surface area contributed by atoms with Gasteiger partial charge in [-0.3, -0.25) is 0 Å². The van der Waals surface area contributed by atoms with Crippen LogP contribution in [-0.2, 0) is 6.42 Å². The number of benzene rings is 1. The van der Waals surface area contributed by atoms with E-state index in [1.54, 1.807) is 12.3 Å². The molecule has 1 aromatic heterocycles. The maximum atomic E-state index is 6.08. The molecule has 0 aliphatic heterocycles. The Balaban J connectivity index is 2.18. The number of hydrogen-bond acceptors (Lipinski definition) is 4. The quantitative estimate of drug-likeness (QED) is 0.935. The standard InChI is InChI=1S/C10H9Cl2N3S/c11-7-3-1-2-6(10(7)12)4-8(13)9-5-14-15-16-9/h1-3,5,8H,4,13H2. The summed E-state index contributed by atoms with van der Waals surface area (Å²) < 4.78 is 3.78. The fraction of sp³-hybridized carbons (Fsp3) is 0.200. The molecule has 1 atom stereocenters. The van der Waals surface area contributed by atoms with E-state index in [4.69, 9.17) is 28.9 Å². The van der Waals surface area contributed by atoms with Crippen molar-refractivity contribution in [3.05, 3.63) is 44.9 Å². The summed E-state index contributed by atoms with van der Waals surface area (Å²) in [4.78, 5) is 0.941. The SMILES string of the molecule is NC(Cc1cccc(Cl)c1Cl)c1cnns1. The van der Waals surface area contributed by atoms with Crippen molar-refractivity contribution in [2.75, 3.05) is 0 Å². The molecule has 0 radical (unpaired) electrons. The summed E-state index contributed by atoms with van der Waals surface area (Å²) in [5.41, 5.74) is 6.96. The fourth-order valence-electron chi connectivity index (χ4n) is 1.38. The first-order valence-electron chi connectivity index (χ1n) is 4.64. The normalized spacial score (nSPS) is 12.7. The topological polar surface area (TPSA) is 51.8 Å². The van der Waals surface area contributed by atoms with Crippen LogP contribution in [-0.4, -0.2) is 9.59 Å². The molecule has 3 nitrogen and oxygen atoms in total. The number of nitrogens with zero attached hydrogens (tertiary/aromatic N) is 2. The largest absolute Gasteiger partial charge is 0.323 e. The molecule has 6 heteroatoms. The molecule has 0 aliphatic carbocycles. The summed E-state index contributed by atoms with van der Waals surface area (Å²) in [6.45, 7) is 0. The second kappa shape index (κ2) is 5.10. The molecule has 84 valence electrons. The van der Waals surface area contributed by atoms with Crippen LogP contribution in [0.25, 0.3) is 0 Å². The van der Waals surface area contributed by atoms with Crippen molar-refractivity contribution in [3.8, 4) is 0 Å². The Morgan fingerprint density at radius 1 is 1.38 bits per heavy atom. The highest BCUT2D eigenvalue weighted by molar-refractivity contribution is 7.05. The first-order chi connectivity index (χ1) is 7.68. The third-order valence-corrected chi connectivity index (χ3v) is 3.87. The zero-order chi connectivity index (χ0) is 11.5. The van der Waals surface area contributed by atoms with E-state index < -0.39 is 0 Å². The second-order valence-corrected chi connectivity index (χ2v) is 4.95. The van der Waals surface area contributed by atoms with Crippen LogP contribution in [0.4, 0.5) is 0 Å². The average molecular weight is 274 g/mol. The van der Waals surface area contributed by atoms with Crippen LogP contribution < -0.4 is 5.73 Å². The van der Waals surface area contributed by atoms with Crippen LogP contribution in [0.5, 0.6) is 0 Å². The molecule has 2 rings (SSSR count). The molecule has 0 fully saturated rings. The number of halogens is 2. The fourth-order valence-corrected chi connectivity index (χ4v) is 2.28. The molecule has 1 aromatic carbocycles. The van der Waals surface area contributed by atoms with Gasteiger partial charge < -0.3 is 5.73 Å². The molecule has 0 aliphatic rings. The molecule has 1 unspecified atom stereocenters. The van der Waals surface area contributed by atoms with E-state index in [-0.39, 0.29) is 6.04 Å². The van der Waals surface area contributed by atoms with E-state index in [9.17, 15) is 0 Å². The van der Waals surface area contributed by atoms with Gasteiger partial charge in [-0.1, -0.05) is 39.8 Å². The van der Waals surface area contributed by atoms with Gasteiger partial charge in [0.05, 0.1) is 21.1 Å². The monoisotopic (exact) mass is 273 g/mol. The smallest absolute Gasteiger partial charge is 0.0669 e. The number of aromatic nitrogens is 2. The Morgan fingerprint density at radius 3 is 2.88 bits per heavy atom. The summed E-state index contributed by atoms with van der Waals surface area (Å²) in [5.74, 6) is 0. The highest BCUT2D eigenvalue weighted by atomic mass is 35.5. The van der Waals surface area contributed by atoms with Crippen LogP contribution in [0.2, 0.25) is 10.0 Å². The van der Waals surface area contributed by atoms with Gasteiger partial charge in [0.1, 0.15) is 0 Å². The van der Waals surface area contributed by atoms with Crippen molar-refractivity contribution in [1.82, 2.24) is 9.59 Å². The molecule has 1 heterocycles. The van der Waals surface area contributed by atoms with Crippen molar-refractivity contribution in [1.29, 1.82) is 0 Å². The van der Waals surface area contributed by atoms with Crippen LogP contribution >= 0.6 is 34.7 Å². The van der Waals surface area contributed by atoms with Gasteiger partial charge in [0.25, 0.3) is 0 Å². The third kappa shape index (κ3) is 2.52. The number of hydrogen-bond donors (Lipinski definition) is 1. The maximum absolute atomic E-state index is 6.08. The minimum Gasteiger partial charge on any atom is -0.323 e. The van der Waals surface area contributed by atoms with Crippen molar-refractivity contribution in [3.63, 3.8) is 0 Å². The molecular weight excluding hydrogens is 265 g/mol. The summed E-state index contributed by atoms with van der Waals surface area (Å²) >= 11 is 13.3. The Morgan fingerprint density at radius 2 is 2.19 bits per heavy atom. The predicted molar refractivity (Wildman–Crippen MR) is 67.0 cm³/mol. The molecule has 16 heavy (non-hydrogen) atoms. The molecule has 0 saturated heterocycles. The Bertz CT molecular complexity index is 473. The second-order valence-electron chi connectivity index (χ2n) is 3.34. The molecule has 2 N–H and O–H groups in total. The Labute approximate surface area is 107 Å². The first kappa shape index (κ1) is 11.8. The van der Waals surface area contributed by atoms with Crippen molar-refractivity contribution in [2.45, 2.75) is 12.5 Å². The molecular formula is C10H9Cl2N3S. The predicted octanol–water partition coefficient (Wildman–Crippen LogP) is 3.09. The van der Waals surface area contributed by atoms with E-state index in [1.165, 1.54) is 11.5 Å². The van der Waals surface area contributed by atoms with E-state index in [1.807, 2.05) is 12.1 Å². The van der Waals surface area contributed by atoms with Gasteiger partial charge in [0.15, 0.2) is 0 Å². The van der Waals surface area contributed by atoms with Gasteiger partial charge in [-0.05, 0) is 29.6 Å². The number of rotatable bonds is 3. The third-order valence-electron chi connectivity index (χ3n) is 2.22. The van der Waals surface area contributed by atoms with Gasteiger partial charge >= 0.3 is 0 Å². The van der Waals surface area contributed by atoms with Gasteiger partial charge in [0, 0.05) is 6.04 Å². The van der Waals surface area contributed by atoms with Gasteiger partial charge in [-0.15, -0.1) is 5.10 Å². The summed E-state index contributed by atoms with van der Waals surface area (Å²) in [5, 5.41) is 4.87. The zero-order valence-electron chi connectivity index (χ0n) is 8.23. The Kier molecular flexibility index (Phi) is 3.76. The first-order valence-corrected chi connectivity index (χ1v) is 6.17. The van der Waals surface area contributed by atoms with Crippen molar-refractivity contribution < 1.29 is 0 Å². The lowest BCUT2D eigenvalue weighted by molar-refractivity contribution is 0.734. The van der Waals surface area contributed by atoms with Gasteiger partial charge in [-0.25, -0.2) is 0 Å². The molecule has 0 bridgehead atoms. The summed E-state index contributed by atoms with van der Waals surface area (Å²) in [6, 6.07) is 5.40. The highest BCUT2D eigenvalue weighted by Gasteiger charge is 2.12. The lowest BCUT2D eigenvalue weighted by atomic mass is 10.1. The van der Waals surface area contributed by atoms with Crippen molar-refractivity contribution >= 4 is 34.7 Å². The molecule has 0 spiro atoms. The summed E-state index contributed by atoms with van der Waals surface area (Å²) in [6.07, 6.45) is 2.30. The van der Waals surface area contributed by atoms with Crippen molar-refractivity contribution in [2.24, 2.45) is 5.73 Å². The van der Waals surface area contributed by atoms with E-state index >= 15 is 0 Å².